The van der Waals surface area contributed by atoms with Crippen molar-refractivity contribution in [2.75, 3.05) is 33.0 Å². The summed E-state index contributed by atoms with van der Waals surface area (Å²) in [4.78, 5) is 4.23. The number of rotatable bonds is 12. The number of hydrogen-bond acceptors (Lipinski definition) is 5. The van der Waals surface area contributed by atoms with Crippen LogP contribution in [-0.2, 0) is 4.74 Å². The van der Waals surface area contributed by atoms with Crippen molar-refractivity contribution in [1.82, 2.24) is 10.3 Å². The van der Waals surface area contributed by atoms with Crippen LogP contribution in [0.5, 0.6) is 11.6 Å². The van der Waals surface area contributed by atoms with Crippen LogP contribution in [0.25, 0.3) is 0 Å². The van der Waals surface area contributed by atoms with Gasteiger partial charge in [-0.2, -0.15) is 0 Å². The maximum Gasteiger partial charge on any atom is 0.213 e. The Kier molecular flexibility index (Phi) is 7.46. The van der Waals surface area contributed by atoms with Gasteiger partial charge in [0.05, 0.1) is 19.4 Å². The largest absolute Gasteiger partial charge is 0.492 e. The lowest BCUT2D eigenvalue weighted by Gasteiger charge is -2.10. The van der Waals surface area contributed by atoms with Crippen molar-refractivity contribution >= 4 is 0 Å². The molecule has 1 aromatic rings. The number of aromatic nitrogens is 1. The SMILES string of the molecule is CC(C)NCCCOc1ccc(OCCOCC2CC2)nc1. The third-order valence-electron chi connectivity index (χ3n) is 3.38. The predicted octanol–water partition coefficient (Wildman–Crippen LogP) is 2.65. The van der Waals surface area contributed by atoms with Crippen molar-refractivity contribution in [3.63, 3.8) is 0 Å². The summed E-state index contributed by atoms with van der Waals surface area (Å²) < 4.78 is 16.7. The molecule has 22 heavy (non-hydrogen) atoms. The Morgan fingerprint density at radius 2 is 2.05 bits per heavy atom. The van der Waals surface area contributed by atoms with Crippen LogP contribution >= 0.6 is 0 Å². The van der Waals surface area contributed by atoms with E-state index in [0.29, 0.717) is 31.7 Å². The summed E-state index contributed by atoms with van der Waals surface area (Å²) in [5.74, 6) is 2.19. The van der Waals surface area contributed by atoms with Crippen LogP contribution in [0.15, 0.2) is 18.3 Å². The van der Waals surface area contributed by atoms with E-state index in [1.54, 1.807) is 6.20 Å². The Labute approximate surface area is 133 Å². The fourth-order valence-electron chi connectivity index (χ4n) is 1.93. The van der Waals surface area contributed by atoms with Gasteiger partial charge in [-0.05, 0) is 37.8 Å². The van der Waals surface area contributed by atoms with E-state index in [2.05, 4.69) is 24.1 Å². The summed E-state index contributed by atoms with van der Waals surface area (Å²) >= 11 is 0. The predicted molar refractivity (Wildman–Crippen MR) is 86.5 cm³/mol. The molecule has 0 spiro atoms. The highest BCUT2D eigenvalue weighted by Crippen LogP contribution is 2.28. The third-order valence-corrected chi connectivity index (χ3v) is 3.38. The minimum Gasteiger partial charge on any atom is -0.492 e. The third kappa shape index (κ3) is 7.61. The van der Waals surface area contributed by atoms with Gasteiger partial charge in [-0.3, -0.25) is 0 Å². The zero-order valence-electron chi connectivity index (χ0n) is 13.7. The van der Waals surface area contributed by atoms with E-state index in [9.17, 15) is 0 Å². The molecular weight excluding hydrogens is 280 g/mol. The van der Waals surface area contributed by atoms with Gasteiger partial charge in [-0.15, -0.1) is 0 Å². The molecule has 0 saturated heterocycles. The molecule has 0 aliphatic heterocycles. The monoisotopic (exact) mass is 308 g/mol. The number of hydrogen-bond donors (Lipinski definition) is 1. The molecule has 0 amide bonds. The standard InChI is InChI=1S/C17H28N2O3/c1-14(2)18-8-3-9-21-16-6-7-17(19-12-16)22-11-10-20-13-15-4-5-15/h6-7,12,14-15,18H,3-5,8-11,13H2,1-2H3. The van der Waals surface area contributed by atoms with E-state index in [4.69, 9.17) is 14.2 Å². The van der Waals surface area contributed by atoms with E-state index < -0.39 is 0 Å². The second-order valence-electron chi connectivity index (χ2n) is 6.01. The zero-order valence-corrected chi connectivity index (χ0v) is 13.7. The molecule has 1 fully saturated rings. The van der Waals surface area contributed by atoms with Gasteiger partial charge in [0.1, 0.15) is 12.4 Å². The molecule has 124 valence electrons. The van der Waals surface area contributed by atoms with Crippen LogP contribution in [0.3, 0.4) is 0 Å². The highest BCUT2D eigenvalue weighted by atomic mass is 16.5. The summed E-state index contributed by atoms with van der Waals surface area (Å²) in [6, 6.07) is 4.25. The summed E-state index contributed by atoms with van der Waals surface area (Å²) in [6.45, 7) is 7.97. The average molecular weight is 308 g/mol. The molecule has 0 unspecified atom stereocenters. The van der Waals surface area contributed by atoms with Crippen LogP contribution in [0.4, 0.5) is 0 Å². The van der Waals surface area contributed by atoms with Crippen LogP contribution in [0, 0.1) is 5.92 Å². The van der Waals surface area contributed by atoms with E-state index in [0.717, 1.165) is 31.2 Å². The van der Waals surface area contributed by atoms with Crippen LogP contribution in [0.1, 0.15) is 33.1 Å². The highest BCUT2D eigenvalue weighted by molar-refractivity contribution is 5.22. The first kappa shape index (κ1) is 17.0. The first-order valence-corrected chi connectivity index (χ1v) is 8.27. The molecule has 1 saturated carbocycles. The maximum absolute atomic E-state index is 5.64. The van der Waals surface area contributed by atoms with Gasteiger partial charge in [0.2, 0.25) is 5.88 Å². The molecule has 5 heteroatoms. The molecule has 1 aliphatic rings. The fourth-order valence-corrected chi connectivity index (χ4v) is 1.93. The quantitative estimate of drug-likeness (QED) is 0.602. The van der Waals surface area contributed by atoms with Crippen molar-refractivity contribution in [2.45, 2.75) is 39.2 Å². The molecule has 0 radical (unpaired) electrons. The molecule has 5 nitrogen and oxygen atoms in total. The van der Waals surface area contributed by atoms with Crippen molar-refractivity contribution in [3.05, 3.63) is 18.3 Å². The molecule has 1 aromatic heterocycles. The molecule has 0 bridgehead atoms. The van der Waals surface area contributed by atoms with Crippen molar-refractivity contribution in [1.29, 1.82) is 0 Å². The van der Waals surface area contributed by atoms with E-state index >= 15 is 0 Å². The van der Waals surface area contributed by atoms with Gasteiger partial charge in [-0.1, -0.05) is 13.8 Å². The van der Waals surface area contributed by atoms with Crippen molar-refractivity contribution < 1.29 is 14.2 Å². The highest BCUT2D eigenvalue weighted by Gasteiger charge is 2.20. The van der Waals surface area contributed by atoms with Gasteiger partial charge in [0, 0.05) is 18.7 Å². The summed E-state index contributed by atoms with van der Waals surface area (Å²) in [5.41, 5.74) is 0. The zero-order chi connectivity index (χ0) is 15.6. The average Bonchev–Trinajstić information content (AvgIpc) is 3.32. The molecular formula is C17H28N2O3. The molecule has 1 heterocycles. The minimum atomic E-state index is 0.520. The van der Waals surface area contributed by atoms with E-state index in [1.807, 2.05) is 12.1 Å². The number of nitrogens with zero attached hydrogens (tertiary/aromatic N) is 1. The number of ether oxygens (including phenoxy) is 3. The summed E-state index contributed by atoms with van der Waals surface area (Å²) in [6.07, 6.45) is 5.32. The van der Waals surface area contributed by atoms with Gasteiger partial charge in [0.15, 0.2) is 0 Å². The Morgan fingerprint density at radius 3 is 2.73 bits per heavy atom. The van der Waals surface area contributed by atoms with Crippen LogP contribution < -0.4 is 14.8 Å². The molecule has 1 aliphatic carbocycles. The minimum absolute atomic E-state index is 0.520. The normalized spacial score (nSPS) is 14.3. The Bertz CT molecular complexity index is 374. The van der Waals surface area contributed by atoms with Gasteiger partial charge in [-0.25, -0.2) is 4.98 Å². The first-order valence-electron chi connectivity index (χ1n) is 8.27. The smallest absolute Gasteiger partial charge is 0.213 e. The number of pyridine rings is 1. The summed E-state index contributed by atoms with van der Waals surface area (Å²) in [5, 5.41) is 3.36. The summed E-state index contributed by atoms with van der Waals surface area (Å²) in [7, 11) is 0. The van der Waals surface area contributed by atoms with E-state index in [1.165, 1.54) is 12.8 Å². The van der Waals surface area contributed by atoms with E-state index in [-0.39, 0.29) is 0 Å². The Hall–Kier alpha value is -1.33. The Morgan fingerprint density at radius 1 is 1.18 bits per heavy atom. The van der Waals surface area contributed by atoms with Crippen LogP contribution in [0.2, 0.25) is 0 Å². The van der Waals surface area contributed by atoms with Crippen molar-refractivity contribution in [3.8, 4) is 11.6 Å². The molecule has 0 aromatic carbocycles. The van der Waals surface area contributed by atoms with Crippen LogP contribution in [-0.4, -0.2) is 44.0 Å². The lowest BCUT2D eigenvalue weighted by molar-refractivity contribution is 0.0912. The topological polar surface area (TPSA) is 52.6 Å². The molecule has 1 N–H and O–H groups in total. The second-order valence-corrected chi connectivity index (χ2v) is 6.01. The van der Waals surface area contributed by atoms with Gasteiger partial charge < -0.3 is 19.5 Å². The lowest BCUT2D eigenvalue weighted by atomic mass is 10.3. The van der Waals surface area contributed by atoms with Gasteiger partial charge in [0.25, 0.3) is 0 Å². The van der Waals surface area contributed by atoms with Gasteiger partial charge >= 0.3 is 0 Å². The molecule has 2 rings (SSSR count). The second kappa shape index (κ2) is 9.64. The first-order chi connectivity index (χ1) is 10.7. The molecule has 0 atom stereocenters. The maximum atomic E-state index is 5.64. The van der Waals surface area contributed by atoms with Crippen molar-refractivity contribution in [2.24, 2.45) is 5.92 Å². The number of nitrogens with one attached hydrogen (secondary N) is 1. The Balaban J connectivity index is 1.52. The lowest BCUT2D eigenvalue weighted by Crippen LogP contribution is -2.24. The fraction of sp³-hybridized carbons (Fsp3) is 0.706.